The lowest BCUT2D eigenvalue weighted by molar-refractivity contribution is 0.242. The van der Waals surface area contributed by atoms with Gasteiger partial charge in [-0.15, -0.1) is 24.0 Å². The molecule has 2 rings (SSSR count). The van der Waals surface area contributed by atoms with Crippen molar-refractivity contribution in [2.75, 3.05) is 12.4 Å². The van der Waals surface area contributed by atoms with Crippen molar-refractivity contribution in [3.8, 4) is 11.5 Å². The van der Waals surface area contributed by atoms with E-state index in [0.29, 0.717) is 12.5 Å². The second-order valence-electron chi connectivity index (χ2n) is 5.47. The Morgan fingerprint density at radius 3 is 2.48 bits per heavy atom. The van der Waals surface area contributed by atoms with E-state index >= 15 is 0 Å². The molecule has 3 N–H and O–H groups in total. The van der Waals surface area contributed by atoms with E-state index in [4.69, 9.17) is 15.2 Å². The molecule has 25 heavy (non-hydrogen) atoms. The maximum atomic E-state index is 5.96. The molecule has 0 saturated heterocycles. The largest absolute Gasteiger partial charge is 0.496 e. The van der Waals surface area contributed by atoms with Gasteiger partial charge < -0.3 is 20.5 Å². The Morgan fingerprint density at radius 1 is 1.20 bits per heavy atom. The van der Waals surface area contributed by atoms with Crippen LogP contribution in [-0.2, 0) is 6.54 Å². The molecule has 5 nitrogen and oxygen atoms in total. The van der Waals surface area contributed by atoms with Crippen LogP contribution in [-0.4, -0.2) is 19.2 Å². The lowest BCUT2D eigenvalue weighted by atomic mass is 10.2. The van der Waals surface area contributed by atoms with Crippen LogP contribution in [0.4, 0.5) is 5.69 Å². The Bertz CT molecular complexity index is 706. The first kappa shape index (κ1) is 21.6. The van der Waals surface area contributed by atoms with Gasteiger partial charge in [0.25, 0.3) is 0 Å². The van der Waals surface area contributed by atoms with Gasteiger partial charge >= 0.3 is 0 Å². The van der Waals surface area contributed by atoms with E-state index in [2.05, 4.69) is 26.2 Å². The van der Waals surface area contributed by atoms with Crippen molar-refractivity contribution in [1.82, 2.24) is 0 Å². The first-order valence-electron chi connectivity index (χ1n) is 7.64. The minimum atomic E-state index is 0. The number of hydrogen-bond donors (Lipinski definition) is 2. The highest BCUT2D eigenvalue weighted by molar-refractivity contribution is 14.0. The van der Waals surface area contributed by atoms with E-state index in [0.717, 1.165) is 27.2 Å². The quantitative estimate of drug-likeness (QED) is 0.327. The number of nitrogens with two attached hydrogens (primary N) is 1. The van der Waals surface area contributed by atoms with E-state index < -0.39 is 0 Å². The highest BCUT2D eigenvalue weighted by Crippen LogP contribution is 2.23. The van der Waals surface area contributed by atoms with Gasteiger partial charge in [-0.25, -0.2) is 4.99 Å². The van der Waals surface area contributed by atoms with Gasteiger partial charge in [-0.2, -0.15) is 0 Å². The molecule has 0 heterocycles. The Labute approximate surface area is 174 Å². The van der Waals surface area contributed by atoms with Gasteiger partial charge in [0.15, 0.2) is 5.96 Å². The van der Waals surface area contributed by atoms with Gasteiger partial charge in [-0.3, -0.25) is 0 Å². The topological polar surface area (TPSA) is 68.9 Å². The van der Waals surface area contributed by atoms with Crippen LogP contribution >= 0.6 is 39.9 Å². The van der Waals surface area contributed by atoms with E-state index in [1.54, 1.807) is 7.11 Å². The second kappa shape index (κ2) is 10.5. The van der Waals surface area contributed by atoms with E-state index in [1.807, 2.05) is 56.3 Å². The molecule has 0 aliphatic rings. The fourth-order valence-corrected chi connectivity index (χ4v) is 2.53. The molecule has 0 amide bonds. The molecular weight excluding hydrogens is 497 g/mol. The van der Waals surface area contributed by atoms with Crippen LogP contribution in [0, 0.1) is 0 Å². The lowest BCUT2D eigenvalue weighted by Crippen LogP contribution is -2.22. The predicted octanol–water partition coefficient (Wildman–Crippen LogP) is 4.79. The average Bonchev–Trinajstić information content (AvgIpc) is 2.54. The van der Waals surface area contributed by atoms with Crippen molar-refractivity contribution in [2.24, 2.45) is 10.7 Å². The highest BCUT2D eigenvalue weighted by Gasteiger charge is 2.04. The van der Waals surface area contributed by atoms with Crippen LogP contribution in [0.25, 0.3) is 0 Å². The minimum Gasteiger partial charge on any atom is -0.496 e. The maximum absolute atomic E-state index is 5.96. The number of anilines is 1. The third kappa shape index (κ3) is 7.11. The fourth-order valence-electron chi connectivity index (χ4n) is 2.12. The van der Waals surface area contributed by atoms with Crippen LogP contribution in [0.5, 0.6) is 11.5 Å². The summed E-state index contributed by atoms with van der Waals surface area (Å²) in [7, 11) is 1.64. The smallest absolute Gasteiger partial charge is 0.193 e. The number of aliphatic imine (C=N–C) groups is 1. The number of methoxy groups -OCH3 is 1. The summed E-state index contributed by atoms with van der Waals surface area (Å²) in [4.78, 5) is 4.36. The molecule has 2 aromatic rings. The molecule has 0 aliphatic heterocycles. The van der Waals surface area contributed by atoms with Gasteiger partial charge in [-0.05, 0) is 56.3 Å². The number of ether oxygens (including phenoxy) is 2. The predicted molar refractivity (Wildman–Crippen MR) is 117 cm³/mol. The van der Waals surface area contributed by atoms with Crippen molar-refractivity contribution < 1.29 is 9.47 Å². The molecule has 0 spiro atoms. The molecule has 0 atom stereocenters. The Kier molecular flexibility index (Phi) is 9.05. The number of guanidine groups is 1. The molecular formula is C18H23BrIN3O2. The minimum absolute atomic E-state index is 0. The number of rotatable bonds is 6. The van der Waals surface area contributed by atoms with Crippen molar-refractivity contribution >= 4 is 51.6 Å². The van der Waals surface area contributed by atoms with Gasteiger partial charge in [0.2, 0.25) is 0 Å². The van der Waals surface area contributed by atoms with Crippen molar-refractivity contribution in [3.05, 3.63) is 52.5 Å². The third-order valence-electron chi connectivity index (χ3n) is 3.16. The van der Waals surface area contributed by atoms with Crippen LogP contribution in [0.3, 0.4) is 0 Å². The summed E-state index contributed by atoms with van der Waals surface area (Å²) >= 11 is 3.45. The second-order valence-corrected chi connectivity index (χ2v) is 6.39. The maximum Gasteiger partial charge on any atom is 0.193 e. The lowest BCUT2D eigenvalue weighted by Gasteiger charge is -2.11. The van der Waals surface area contributed by atoms with Crippen molar-refractivity contribution in [2.45, 2.75) is 26.5 Å². The van der Waals surface area contributed by atoms with Crippen LogP contribution < -0.4 is 20.5 Å². The Hall–Kier alpha value is -1.48. The van der Waals surface area contributed by atoms with Crippen LogP contribution in [0.15, 0.2) is 51.9 Å². The third-order valence-corrected chi connectivity index (χ3v) is 3.65. The SMILES string of the molecule is COc1ccc(Br)cc1CN=C(N)Nc1ccc(OC(C)C)cc1.I. The summed E-state index contributed by atoms with van der Waals surface area (Å²) in [5.41, 5.74) is 7.77. The summed E-state index contributed by atoms with van der Waals surface area (Å²) in [5, 5.41) is 3.06. The van der Waals surface area contributed by atoms with Crippen molar-refractivity contribution in [3.63, 3.8) is 0 Å². The Balaban J connectivity index is 0.00000312. The number of nitrogens with one attached hydrogen (secondary N) is 1. The molecule has 0 bridgehead atoms. The standard InChI is InChI=1S/C18H22BrN3O2.HI/c1-12(2)24-16-7-5-15(6-8-16)22-18(20)21-11-13-10-14(19)4-9-17(13)23-3;/h4-10,12H,11H2,1-3H3,(H3,20,21,22);1H. The zero-order chi connectivity index (χ0) is 17.5. The molecule has 0 fully saturated rings. The molecule has 0 aliphatic carbocycles. The average molecular weight is 520 g/mol. The number of halogens is 2. The van der Waals surface area contributed by atoms with Gasteiger partial charge in [-0.1, -0.05) is 15.9 Å². The zero-order valence-electron chi connectivity index (χ0n) is 14.5. The van der Waals surface area contributed by atoms with E-state index in [-0.39, 0.29) is 30.1 Å². The summed E-state index contributed by atoms with van der Waals surface area (Å²) in [6.45, 7) is 4.41. The van der Waals surface area contributed by atoms with E-state index in [1.165, 1.54) is 0 Å². The Morgan fingerprint density at radius 2 is 1.88 bits per heavy atom. The molecule has 2 aromatic carbocycles. The number of benzene rings is 2. The molecule has 0 saturated carbocycles. The van der Waals surface area contributed by atoms with Crippen LogP contribution in [0.2, 0.25) is 0 Å². The summed E-state index contributed by atoms with van der Waals surface area (Å²) in [6, 6.07) is 13.4. The molecule has 0 radical (unpaired) electrons. The number of nitrogens with zero attached hydrogens (tertiary/aromatic N) is 1. The first-order valence-corrected chi connectivity index (χ1v) is 8.43. The zero-order valence-corrected chi connectivity index (χ0v) is 18.4. The fraction of sp³-hybridized carbons (Fsp3) is 0.278. The van der Waals surface area contributed by atoms with Crippen molar-refractivity contribution in [1.29, 1.82) is 0 Å². The normalized spacial score (nSPS) is 11.0. The molecule has 0 unspecified atom stereocenters. The summed E-state index contributed by atoms with van der Waals surface area (Å²) in [5.74, 6) is 1.95. The highest BCUT2D eigenvalue weighted by atomic mass is 127. The summed E-state index contributed by atoms with van der Waals surface area (Å²) < 4.78 is 11.9. The van der Waals surface area contributed by atoms with E-state index in [9.17, 15) is 0 Å². The van der Waals surface area contributed by atoms with Gasteiger partial charge in [0, 0.05) is 15.7 Å². The summed E-state index contributed by atoms with van der Waals surface area (Å²) in [6.07, 6.45) is 0.149. The van der Waals surface area contributed by atoms with Gasteiger partial charge in [0.1, 0.15) is 11.5 Å². The molecule has 0 aromatic heterocycles. The van der Waals surface area contributed by atoms with Gasteiger partial charge in [0.05, 0.1) is 19.8 Å². The first-order chi connectivity index (χ1) is 11.5. The number of hydrogen-bond acceptors (Lipinski definition) is 3. The molecule has 7 heteroatoms. The molecule has 136 valence electrons. The monoisotopic (exact) mass is 519 g/mol. The van der Waals surface area contributed by atoms with Crippen LogP contribution in [0.1, 0.15) is 19.4 Å².